The highest BCUT2D eigenvalue weighted by molar-refractivity contribution is 7.98. The molecule has 0 fully saturated rings. The van der Waals surface area contributed by atoms with Crippen LogP contribution in [0.25, 0.3) is 0 Å². The van der Waals surface area contributed by atoms with E-state index in [1.165, 1.54) is 11.1 Å². The van der Waals surface area contributed by atoms with Crippen LogP contribution >= 0.6 is 11.8 Å². The van der Waals surface area contributed by atoms with Crippen LogP contribution in [0.2, 0.25) is 0 Å². The fourth-order valence-electron chi connectivity index (χ4n) is 3.66. The molecule has 2 amide bonds. The van der Waals surface area contributed by atoms with Crippen LogP contribution in [-0.4, -0.2) is 46.8 Å². The molecule has 2 aromatic rings. The minimum Gasteiger partial charge on any atom is -0.352 e. The molecule has 29 heavy (non-hydrogen) atoms. The smallest absolute Gasteiger partial charge is 0.261 e. The fraction of sp³-hybridized carbons (Fsp3) is 0.409. The second kappa shape index (κ2) is 9.78. The monoisotopic (exact) mass is 413 g/mol. The van der Waals surface area contributed by atoms with Crippen molar-refractivity contribution >= 4 is 23.6 Å². The summed E-state index contributed by atoms with van der Waals surface area (Å²) in [6.07, 6.45) is 5.35. The molecule has 0 spiro atoms. The van der Waals surface area contributed by atoms with Crippen LogP contribution in [0, 0.1) is 6.92 Å². The quantitative estimate of drug-likeness (QED) is 0.730. The van der Waals surface area contributed by atoms with Crippen LogP contribution < -0.4 is 10.9 Å². The number of nitrogens with one attached hydrogen (secondary N) is 2. The van der Waals surface area contributed by atoms with Gasteiger partial charge in [-0.25, -0.2) is 0 Å². The molecule has 1 aromatic heterocycles. The van der Waals surface area contributed by atoms with Gasteiger partial charge in [0.15, 0.2) is 0 Å². The molecule has 1 aliphatic rings. The molecule has 2 N–H and O–H groups in total. The fourth-order valence-corrected chi connectivity index (χ4v) is 4.04. The topological polar surface area (TPSA) is 82.3 Å². The van der Waals surface area contributed by atoms with Crippen molar-refractivity contribution in [2.24, 2.45) is 0 Å². The van der Waals surface area contributed by atoms with E-state index < -0.39 is 0 Å². The Hall–Kier alpha value is -2.54. The van der Waals surface area contributed by atoms with E-state index >= 15 is 0 Å². The van der Waals surface area contributed by atoms with E-state index in [9.17, 15) is 14.4 Å². The second-order valence-corrected chi connectivity index (χ2v) is 8.22. The minimum absolute atomic E-state index is 0.112. The number of carbonyl (C=O) groups excluding carboxylic acids is 2. The zero-order valence-electron chi connectivity index (χ0n) is 16.9. The lowest BCUT2D eigenvalue weighted by Gasteiger charge is -2.29. The summed E-state index contributed by atoms with van der Waals surface area (Å²) in [5, 5.41) is 2.89. The van der Waals surface area contributed by atoms with E-state index in [-0.39, 0.29) is 22.9 Å². The number of aryl methyl sites for hydroxylation is 1. The molecule has 6 nitrogen and oxygen atoms in total. The molecule has 1 aromatic carbocycles. The number of thioether (sulfide) groups is 1. The highest BCUT2D eigenvalue weighted by Gasteiger charge is 2.26. The van der Waals surface area contributed by atoms with Crippen LogP contribution in [0.4, 0.5) is 0 Å². The first kappa shape index (κ1) is 21.2. The molecule has 1 aliphatic heterocycles. The summed E-state index contributed by atoms with van der Waals surface area (Å²) < 4.78 is 0. The van der Waals surface area contributed by atoms with Gasteiger partial charge >= 0.3 is 0 Å². The molecule has 7 heteroatoms. The van der Waals surface area contributed by atoms with Gasteiger partial charge in [0, 0.05) is 38.0 Å². The van der Waals surface area contributed by atoms with Crippen LogP contribution in [-0.2, 0) is 24.2 Å². The summed E-state index contributed by atoms with van der Waals surface area (Å²) in [6.45, 7) is 3.48. The van der Waals surface area contributed by atoms with Gasteiger partial charge < -0.3 is 15.2 Å². The van der Waals surface area contributed by atoms with Crippen molar-refractivity contribution in [1.82, 2.24) is 15.2 Å². The molecule has 3 rings (SSSR count). The van der Waals surface area contributed by atoms with Crippen LogP contribution in [0.3, 0.4) is 0 Å². The number of hydrogen-bond donors (Lipinski definition) is 2. The van der Waals surface area contributed by atoms with Gasteiger partial charge in [0.1, 0.15) is 5.56 Å². The van der Waals surface area contributed by atoms with Gasteiger partial charge in [-0.1, -0.05) is 24.3 Å². The van der Waals surface area contributed by atoms with E-state index in [1.54, 1.807) is 22.9 Å². The zero-order chi connectivity index (χ0) is 20.8. The van der Waals surface area contributed by atoms with Gasteiger partial charge in [0.2, 0.25) is 5.91 Å². The van der Waals surface area contributed by atoms with E-state index in [0.717, 1.165) is 16.9 Å². The molecule has 0 saturated carbocycles. The average Bonchev–Trinajstić information content (AvgIpc) is 2.72. The molecule has 0 bridgehead atoms. The number of rotatable bonds is 7. The predicted octanol–water partition coefficient (Wildman–Crippen LogP) is 2.29. The van der Waals surface area contributed by atoms with Gasteiger partial charge in [0.25, 0.3) is 11.5 Å². The third-order valence-electron chi connectivity index (χ3n) is 5.33. The summed E-state index contributed by atoms with van der Waals surface area (Å²) in [7, 11) is 0. The summed E-state index contributed by atoms with van der Waals surface area (Å²) in [6, 6.07) is 8.06. The number of pyridine rings is 1. The van der Waals surface area contributed by atoms with E-state index in [0.29, 0.717) is 38.9 Å². The molecular formula is C22H27N3O3S. The summed E-state index contributed by atoms with van der Waals surface area (Å²) in [5.74, 6) is 0.557. The predicted molar refractivity (Wildman–Crippen MR) is 116 cm³/mol. The highest BCUT2D eigenvalue weighted by Crippen LogP contribution is 2.21. The standard InChI is InChI=1S/C22H27N3O3S/c1-15-5-3-4-6-16(15)7-10-23-21(27)20-18-8-11-25(19(26)9-12-29-2)14-17(18)13-24-22(20)28/h3-6,13H,7-12,14H2,1-2H3,(H,23,27)(H,24,28). The van der Waals surface area contributed by atoms with Crippen molar-refractivity contribution in [2.75, 3.05) is 25.1 Å². The van der Waals surface area contributed by atoms with Gasteiger partial charge in [-0.05, 0) is 48.3 Å². The number of hydrogen-bond acceptors (Lipinski definition) is 4. The maximum Gasteiger partial charge on any atom is 0.261 e. The maximum atomic E-state index is 12.8. The van der Waals surface area contributed by atoms with Gasteiger partial charge in [0.05, 0.1) is 0 Å². The number of fused-ring (bicyclic) bond motifs is 1. The van der Waals surface area contributed by atoms with Crippen molar-refractivity contribution < 1.29 is 9.59 Å². The molecule has 2 heterocycles. The molecule has 0 aliphatic carbocycles. The SMILES string of the molecule is CSCCC(=O)N1CCc2c(c[nH]c(=O)c2C(=O)NCCc2ccccc2C)C1. The Bertz CT molecular complexity index is 955. The Morgan fingerprint density at radius 3 is 2.83 bits per heavy atom. The number of benzene rings is 1. The lowest BCUT2D eigenvalue weighted by molar-refractivity contribution is -0.131. The van der Waals surface area contributed by atoms with Crippen LogP contribution in [0.5, 0.6) is 0 Å². The number of nitrogens with zero attached hydrogens (tertiary/aromatic N) is 1. The van der Waals surface area contributed by atoms with Crippen molar-refractivity contribution in [3.05, 3.63) is 68.6 Å². The lowest BCUT2D eigenvalue weighted by atomic mass is 9.96. The molecule has 0 unspecified atom stereocenters. The summed E-state index contributed by atoms with van der Waals surface area (Å²) in [5.41, 5.74) is 3.77. The molecule has 154 valence electrons. The lowest BCUT2D eigenvalue weighted by Crippen LogP contribution is -2.40. The Labute approximate surface area is 175 Å². The van der Waals surface area contributed by atoms with E-state index in [1.807, 2.05) is 37.4 Å². The number of amides is 2. The van der Waals surface area contributed by atoms with E-state index in [2.05, 4.69) is 10.3 Å². The van der Waals surface area contributed by atoms with Crippen LogP contribution in [0.15, 0.2) is 35.3 Å². The Morgan fingerprint density at radius 2 is 2.07 bits per heavy atom. The van der Waals surface area contributed by atoms with E-state index in [4.69, 9.17) is 0 Å². The largest absolute Gasteiger partial charge is 0.352 e. The third kappa shape index (κ3) is 5.09. The Balaban J connectivity index is 1.69. The Kier molecular flexibility index (Phi) is 7.14. The average molecular weight is 414 g/mol. The van der Waals surface area contributed by atoms with Crippen molar-refractivity contribution in [2.45, 2.75) is 32.7 Å². The Morgan fingerprint density at radius 1 is 1.28 bits per heavy atom. The zero-order valence-corrected chi connectivity index (χ0v) is 17.7. The molecule has 0 saturated heterocycles. The number of carbonyl (C=O) groups is 2. The minimum atomic E-state index is -0.376. The van der Waals surface area contributed by atoms with Gasteiger partial charge in [-0.2, -0.15) is 11.8 Å². The number of H-pyrrole nitrogens is 1. The second-order valence-electron chi connectivity index (χ2n) is 7.24. The van der Waals surface area contributed by atoms with Crippen molar-refractivity contribution in [3.63, 3.8) is 0 Å². The molecule has 0 atom stereocenters. The first-order valence-electron chi connectivity index (χ1n) is 9.84. The highest BCUT2D eigenvalue weighted by atomic mass is 32.2. The van der Waals surface area contributed by atoms with Gasteiger partial charge in [-0.3, -0.25) is 14.4 Å². The first-order chi connectivity index (χ1) is 14.0. The molecular weight excluding hydrogens is 386 g/mol. The van der Waals surface area contributed by atoms with Crippen LogP contribution in [0.1, 0.15) is 39.0 Å². The molecule has 0 radical (unpaired) electrons. The number of aromatic nitrogens is 1. The van der Waals surface area contributed by atoms with Crippen molar-refractivity contribution in [1.29, 1.82) is 0 Å². The van der Waals surface area contributed by atoms with Gasteiger partial charge in [-0.15, -0.1) is 0 Å². The summed E-state index contributed by atoms with van der Waals surface area (Å²) >= 11 is 1.65. The number of aromatic amines is 1. The normalized spacial score (nSPS) is 13.1. The maximum absolute atomic E-state index is 12.8. The third-order valence-corrected chi connectivity index (χ3v) is 5.94. The first-order valence-corrected chi connectivity index (χ1v) is 11.2. The summed E-state index contributed by atoms with van der Waals surface area (Å²) in [4.78, 5) is 41.9. The van der Waals surface area contributed by atoms with Crippen molar-refractivity contribution in [3.8, 4) is 0 Å².